The Hall–Kier alpha value is -1.89. The average Bonchev–Trinajstić information content (AvgIpc) is 2.95. The summed E-state index contributed by atoms with van der Waals surface area (Å²) < 4.78 is 0. The lowest BCUT2D eigenvalue weighted by atomic mass is 9.94. The molecule has 0 aliphatic heterocycles. The lowest BCUT2D eigenvalue weighted by Gasteiger charge is -2.34. The van der Waals surface area contributed by atoms with E-state index in [1.165, 1.54) is 18.2 Å². The summed E-state index contributed by atoms with van der Waals surface area (Å²) in [5, 5.41) is 5.13. The number of benzene rings is 3. The zero-order valence-electron chi connectivity index (χ0n) is 22.1. The number of thioether (sulfide) groups is 1. The number of nitrogens with one attached hydrogen (secondary N) is 1. The summed E-state index contributed by atoms with van der Waals surface area (Å²) in [5.41, 5.74) is 2.55. The van der Waals surface area contributed by atoms with Gasteiger partial charge in [0.25, 0.3) is 0 Å². The van der Waals surface area contributed by atoms with Gasteiger partial charge in [0.1, 0.15) is 6.04 Å². The molecule has 0 unspecified atom stereocenters. The minimum absolute atomic E-state index is 0.115. The fourth-order valence-electron chi connectivity index (χ4n) is 4.92. The van der Waals surface area contributed by atoms with Crippen LogP contribution in [0, 0.1) is 0 Å². The maximum atomic E-state index is 13.9. The molecule has 40 heavy (non-hydrogen) atoms. The van der Waals surface area contributed by atoms with Crippen LogP contribution < -0.4 is 5.32 Å². The van der Waals surface area contributed by atoms with E-state index in [0.717, 1.165) is 36.8 Å². The van der Waals surface area contributed by atoms with Gasteiger partial charge < -0.3 is 10.2 Å². The molecule has 3 aromatic rings. The van der Waals surface area contributed by atoms with Crippen LogP contribution in [-0.2, 0) is 28.3 Å². The monoisotopic (exact) mass is 636 g/mol. The van der Waals surface area contributed by atoms with Crippen LogP contribution in [0.3, 0.4) is 0 Å². The first-order valence-corrected chi connectivity index (χ1v) is 16.1. The third-order valence-corrected chi connectivity index (χ3v) is 9.53. The molecule has 0 heterocycles. The lowest BCUT2D eigenvalue weighted by Crippen LogP contribution is -2.53. The normalized spacial score (nSPS) is 14.5. The smallest absolute Gasteiger partial charge is 0.243 e. The number of rotatable bonds is 11. The van der Waals surface area contributed by atoms with Gasteiger partial charge in [0.2, 0.25) is 11.8 Å². The largest absolute Gasteiger partial charge is 0.352 e. The van der Waals surface area contributed by atoms with Crippen molar-refractivity contribution in [1.29, 1.82) is 0 Å². The molecular formula is C31H32Cl4N2O2S. The maximum Gasteiger partial charge on any atom is 0.243 e. The number of carbonyl (C=O) groups excluding carboxylic acids is 2. The van der Waals surface area contributed by atoms with E-state index in [2.05, 4.69) is 5.32 Å². The first-order chi connectivity index (χ1) is 19.3. The molecule has 0 saturated heterocycles. The van der Waals surface area contributed by atoms with Gasteiger partial charge in [0.05, 0.1) is 15.8 Å². The zero-order valence-corrected chi connectivity index (χ0v) is 25.9. The summed E-state index contributed by atoms with van der Waals surface area (Å²) in [5.74, 6) is 0.424. The molecule has 3 aromatic carbocycles. The van der Waals surface area contributed by atoms with E-state index in [9.17, 15) is 9.59 Å². The number of hydrogen-bond donors (Lipinski definition) is 1. The molecule has 212 valence electrons. The quantitative estimate of drug-likeness (QED) is 0.229. The molecule has 9 heteroatoms. The molecule has 4 rings (SSSR count). The molecule has 2 amide bonds. The van der Waals surface area contributed by atoms with Crippen molar-refractivity contribution in [3.63, 3.8) is 0 Å². The maximum absolute atomic E-state index is 13.9. The second-order valence-corrected chi connectivity index (χ2v) is 12.6. The number of nitrogens with zero attached hydrogens (tertiary/aromatic N) is 1. The van der Waals surface area contributed by atoms with Crippen LogP contribution >= 0.6 is 58.2 Å². The number of carbonyl (C=O) groups is 2. The third kappa shape index (κ3) is 8.80. The fraction of sp³-hybridized carbons (Fsp3) is 0.355. The highest BCUT2D eigenvalue weighted by atomic mass is 35.5. The van der Waals surface area contributed by atoms with Gasteiger partial charge in [-0.3, -0.25) is 9.59 Å². The van der Waals surface area contributed by atoms with Gasteiger partial charge in [0, 0.05) is 40.4 Å². The van der Waals surface area contributed by atoms with Crippen molar-refractivity contribution in [2.24, 2.45) is 0 Å². The SMILES string of the molecule is O=C(NC1CCCCC1)[C@H](Cc1ccccc1)N(Cc1c(Cl)cccc1Cl)C(=O)CSCc1ccc(Cl)c(Cl)c1. The van der Waals surface area contributed by atoms with Gasteiger partial charge in [-0.15, -0.1) is 11.8 Å². The molecule has 1 saturated carbocycles. The Morgan fingerprint density at radius 1 is 0.825 bits per heavy atom. The highest BCUT2D eigenvalue weighted by molar-refractivity contribution is 7.99. The topological polar surface area (TPSA) is 49.4 Å². The summed E-state index contributed by atoms with van der Waals surface area (Å²) in [6.07, 6.45) is 5.66. The van der Waals surface area contributed by atoms with Gasteiger partial charge in [-0.05, 0) is 48.2 Å². The second-order valence-electron chi connectivity index (χ2n) is 10.0. The Balaban J connectivity index is 1.60. The summed E-state index contributed by atoms with van der Waals surface area (Å²) in [7, 11) is 0. The average molecular weight is 638 g/mol. The fourth-order valence-corrected chi connectivity index (χ4v) is 6.62. The van der Waals surface area contributed by atoms with Gasteiger partial charge in [-0.1, -0.05) is 108 Å². The van der Waals surface area contributed by atoms with Crippen molar-refractivity contribution in [1.82, 2.24) is 10.2 Å². The van der Waals surface area contributed by atoms with Crippen LogP contribution in [0.5, 0.6) is 0 Å². The van der Waals surface area contributed by atoms with Crippen molar-refractivity contribution in [2.45, 2.75) is 62.9 Å². The first-order valence-electron chi connectivity index (χ1n) is 13.4. The van der Waals surface area contributed by atoms with Crippen molar-refractivity contribution in [2.75, 3.05) is 5.75 Å². The van der Waals surface area contributed by atoms with E-state index < -0.39 is 6.04 Å². The van der Waals surface area contributed by atoms with E-state index in [-0.39, 0.29) is 30.2 Å². The minimum atomic E-state index is -0.727. The van der Waals surface area contributed by atoms with Gasteiger partial charge in [-0.25, -0.2) is 0 Å². The highest BCUT2D eigenvalue weighted by Gasteiger charge is 2.32. The van der Waals surface area contributed by atoms with Gasteiger partial charge in [-0.2, -0.15) is 0 Å². The summed E-state index contributed by atoms with van der Waals surface area (Å²) >= 11 is 26.8. The van der Waals surface area contributed by atoms with Crippen LogP contribution in [0.25, 0.3) is 0 Å². The zero-order chi connectivity index (χ0) is 28.5. The number of hydrogen-bond acceptors (Lipinski definition) is 3. The Morgan fingerprint density at radius 2 is 1.52 bits per heavy atom. The van der Waals surface area contributed by atoms with Crippen LogP contribution in [-0.4, -0.2) is 34.6 Å². The van der Waals surface area contributed by atoms with E-state index >= 15 is 0 Å². The van der Waals surface area contributed by atoms with Crippen molar-refractivity contribution < 1.29 is 9.59 Å². The predicted octanol–water partition coefficient (Wildman–Crippen LogP) is 8.62. The first kappa shape index (κ1) is 31.1. The predicted molar refractivity (Wildman–Crippen MR) is 169 cm³/mol. The van der Waals surface area contributed by atoms with E-state index in [1.54, 1.807) is 35.2 Å². The molecule has 1 fully saturated rings. The standard InChI is InChI=1S/C31H32Cl4N2O2S/c32-25-12-7-13-26(33)24(25)18-37(30(38)20-40-19-22-14-15-27(34)28(35)16-22)29(17-21-8-3-1-4-9-21)31(39)36-23-10-5-2-6-11-23/h1,3-4,7-9,12-16,23,29H,2,5-6,10-11,17-20H2,(H,36,39)/t29-/m0/s1. The Labute approximate surface area is 260 Å². The molecule has 4 nitrogen and oxygen atoms in total. The van der Waals surface area contributed by atoms with Crippen LogP contribution in [0.15, 0.2) is 66.7 Å². The molecule has 1 N–H and O–H groups in total. The molecular weight excluding hydrogens is 606 g/mol. The van der Waals surface area contributed by atoms with Crippen LogP contribution in [0.4, 0.5) is 0 Å². The van der Waals surface area contributed by atoms with E-state index in [0.29, 0.717) is 37.8 Å². The molecule has 1 aliphatic rings. The summed E-state index contributed by atoms with van der Waals surface area (Å²) in [6, 6.07) is 19.9. The van der Waals surface area contributed by atoms with E-state index in [1.807, 2.05) is 36.4 Å². The van der Waals surface area contributed by atoms with Crippen LogP contribution in [0.2, 0.25) is 20.1 Å². The summed E-state index contributed by atoms with van der Waals surface area (Å²) in [4.78, 5) is 29.4. The van der Waals surface area contributed by atoms with Crippen LogP contribution in [0.1, 0.15) is 48.8 Å². The Morgan fingerprint density at radius 3 is 2.20 bits per heavy atom. The van der Waals surface area contributed by atoms with Gasteiger partial charge >= 0.3 is 0 Å². The molecule has 0 bridgehead atoms. The Bertz CT molecular complexity index is 1280. The van der Waals surface area contributed by atoms with Crippen molar-refractivity contribution >= 4 is 70.0 Å². The lowest BCUT2D eigenvalue weighted by molar-refractivity contribution is -0.139. The Kier molecular flexibility index (Phi) is 11.9. The van der Waals surface area contributed by atoms with Gasteiger partial charge in [0.15, 0.2) is 0 Å². The van der Waals surface area contributed by atoms with E-state index in [4.69, 9.17) is 46.4 Å². The molecule has 1 aliphatic carbocycles. The molecule has 1 atom stereocenters. The minimum Gasteiger partial charge on any atom is -0.352 e. The second kappa shape index (κ2) is 15.4. The highest BCUT2D eigenvalue weighted by Crippen LogP contribution is 2.29. The number of amides is 2. The molecule has 0 radical (unpaired) electrons. The number of halogens is 4. The molecule has 0 aromatic heterocycles. The summed E-state index contributed by atoms with van der Waals surface area (Å²) in [6.45, 7) is 0.125. The van der Waals surface area contributed by atoms with Crippen molar-refractivity contribution in [3.05, 3.63) is 104 Å². The van der Waals surface area contributed by atoms with Crippen molar-refractivity contribution in [3.8, 4) is 0 Å². The molecule has 0 spiro atoms. The third-order valence-electron chi connectivity index (χ3n) is 7.09.